The summed E-state index contributed by atoms with van der Waals surface area (Å²) in [4.78, 5) is 0. The van der Waals surface area contributed by atoms with Crippen LogP contribution in [-0.2, 0) is 5.54 Å². The zero-order chi connectivity index (χ0) is 10.2. The van der Waals surface area contributed by atoms with Crippen LogP contribution in [-0.4, -0.2) is 6.04 Å². The highest BCUT2D eigenvalue weighted by molar-refractivity contribution is 6.31. The Labute approximate surface area is 90.5 Å². The van der Waals surface area contributed by atoms with Gasteiger partial charge in [-0.1, -0.05) is 29.8 Å². The fraction of sp³-hybridized carbons (Fsp3) is 0.500. The van der Waals surface area contributed by atoms with Gasteiger partial charge in [0.2, 0.25) is 0 Å². The van der Waals surface area contributed by atoms with Crippen LogP contribution in [0.15, 0.2) is 24.3 Å². The van der Waals surface area contributed by atoms with E-state index in [9.17, 15) is 0 Å². The number of hydrogen-bond donors (Lipinski definition) is 1. The normalized spacial score (nSPS) is 32.1. The van der Waals surface area contributed by atoms with Crippen LogP contribution < -0.4 is 5.32 Å². The van der Waals surface area contributed by atoms with E-state index in [0.29, 0.717) is 6.04 Å². The molecule has 1 aromatic carbocycles. The van der Waals surface area contributed by atoms with E-state index in [4.69, 9.17) is 11.6 Å². The molecule has 1 fully saturated rings. The summed E-state index contributed by atoms with van der Waals surface area (Å²) in [7, 11) is 0. The average molecular weight is 210 g/mol. The van der Waals surface area contributed by atoms with Crippen LogP contribution >= 0.6 is 11.6 Å². The van der Waals surface area contributed by atoms with Gasteiger partial charge >= 0.3 is 0 Å². The molecule has 0 aromatic heterocycles. The van der Waals surface area contributed by atoms with Crippen molar-refractivity contribution >= 4 is 11.6 Å². The highest BCUT2D eigenvalue weighted by Gasteiger charge is 2.34. The van der Waals surface area contributed by atoms with Gasteiger partial charge in [0, 0.05) is 16.6 Å². The van der Waals surface area contributed by atoms with Crippen LogP contribution in [0.1, 0.15) is 32.3 Å². The van der Waals surface area contributed by atoms with Gasteiger partial charge in [-0.25, -0.2) is 0 Å². The first-order chi connectivity index (χ1) is 6.62. The molecular weight excluding hydrogens is 194 g/mol. The summed E-state index contributed by atoms with van der Waals surface area (Å²) in [6, 6.07) is 8.71. The van der Waals surface area contributed by atoms with E-state index in [1.807, 2.05) is 12.1 Å². The molecule has 1 heterocycles. The van der Waals surface area contributed by atoms with Crippen molar-refractivity contribution in [2.45, 2.75) is 38.3 Å². The van der Waals surface area contributed by atoms with Gasteiger partial charge in [0.05, 0.1) is 0 Å². The minimum Gasteiger partial charge on any atom is -0.305 e. The Morgan fingerprint density at radius 3 is 2.71 bits per heavy atom. The summed E-state index contributed by atoms with van der Waals surface area (Å²) in [5.74, 6) is 0. The van der Waals surface area contributed by atoms with Gasteiger partial charge in [0.15, 0.2) is 0 Å². The molecule has 2 unspecified atom stereocenters. The maximum atomic E-state index is 6.20. The van der Waals surface area contributed by atoms with Crippen molar-refractivity contribution in [3.8, 4) is 0 Å². The van der Waals surface area contributed by atoms with Crippen molar-refractivity contribution in [2.24, 2.45) is 0 Å². The second kappa shape index (κ2) is 3.56. The Kier molecular flexibility index (Phi) is 2.54. The highest BCUT2D eigenvalue weighted by atomic mass is 35.5. The van der Waals surface area contributed by atoms with Crippen molar-refractivity contribution in [1.82, 2.24) is 5.32 Å². The minimum atomic E-state index is 0.0672. The first-order valence-electron chi connectivity index (χ1n) is 5.14. The summed E-state index contributed by atoms with van der Waals surface area (Å²) in [5.41, 5.74) is 1.30. The standard InChI is InChI=1S/C12H16ClN/c1-9-7-8-12(2,14-9)10-5-3-4-6-11(10)13/h3-6,9,14H,7-8H2,1-2H3. The molecule has 76 valence electrons. The molecule has 0 bridgehead atoms. The molecule has 0 spiro atoms. The smallest absolute Gasteiger partial charge is 0.0456 e. The molecule has 2 rings (SSSR count). The molecule has 1 aromatic rings. The van der Waals surface area contributed by atoms with Crippen molar-refractivity contribution < 1.29 is 0 Å². The van der Waals surface area contributed by atoms with Crippen LogP contribution in [0.4, 0.5) is 0 Å². The molecule has 2 atom stereocenters. The predicted octanol–water partition coefficient (Wildman–Crippen LogP) is 3.33. The van der Waals surface area contributed by atoms with E-state index < -0.39 is 0 Å². The molecule has 1 saturated heterocycles. The largest absolute Gasteiger partial charge is 0.305 e. The zero-order valence-electron chi connectivity index (χ0n) is 8.68. The Balaban J connectivity index is 2.35. The summed E-state index contributed by atoms with van der Waals surface area (Å²) in [6.07, 6.45) is 2.39. The highest BCUT2D eigenvalue weighted by Crippen LogP contribution is 2.36. The van der Waals surface area contributed by atoms with Gasteiger partial charge in [0.25, 0.3) is 0 Å². The summed E-state index contributed by atoms with van der Waals surface area (Å²) in [6.45, 7) is 4.46. The Hall–Kier alpha value is -0.530. The Morgan fingerprint density at radius 2 is 2.14 bits per heavy atom. The first kappa shape index (κ1) is 10.0. The van der Waals surface area contributed by atoms with Crippen molar-refractivity contribution in [1.29, 1.82) is 0 Å². The zero-order valence-corrected chi connectivity index (χ0v) is 9.43. The van der Waals surface area contributed by atoms with Crippen LogP contribution in [0.2, 0.25) is 5.02 Å². The van der Waals surface area contributed by atoms with Crippen LogP contribution in [0.5, 0.6) is 0 Å². The number of halogens is 1. The van der Waals surface area contributed by atoms with Crippen LogP contribution in [0.25, 0.3) is 0 Å². The lowest BCUT2D eigenvalue weighted by molar-refractivity contribution is 0.414. The lowest BCUT2D eigenvalue weighted by Crippen LogP contribution is -2.36. The third-order valence-corrected chi connectivity index (χ3v) is 3.44. The van der Waals surface area contributed by atoms with Crippen molar-refractivity contribution in [3.63, 3.8) is 0 Å². The topological polar surface area (TPSA) is 12.0 Å². The molecule has 2 heteroatoms. The van der Waals surface area contributed by atoms with Gasteiger partial charge < -0.3 is 5.32 Å². The van der Waals surface area contributed by atoms with E-state index in [-0.39, 0.29) is 5.54 Å². The van der Waals surface area contributed by atoms with Crippen LogP contribution in [0, 0.1) is 0 Å². The molecule has 14 heavy (non-hydrogen) atoms. The lowest BCUT2D eigenvalue weighted by Gasteiger charge is -2.27. The molecule has 0 aliphatic carbocycles. The van der Waals surface area contributed by atoms with E-state index >= 15 is 0 Å². The van der Waals surface area contributed by atoms with E-state index in [1.54, 1.807) is 0 Å². The maximum Gasteiger partial charge on any atom is 0.0456 e. The fourth-order valence-corrected chi connectivity index (χ4v) is 2.66. The molecule has 1 aliphatic rings. The average Bonchev–Trinajstić information content (AvgIpc) is 2.48. The molecular formula is C12H16ClN. The van der Waals surface area contributed by atoms with Gasteiger partial charge in [-0.15, -0.1) is 0 Å². The fourth-order valence-electron chi connectivity index (χ4n) is 2.31. The quantitative estimate of drug-likeness (QED) is 0.748. The number of hydrogen-bond acceptors (Lipinski definition) is 1. The minimum absolute atomic E-state index is 0.0672. The second-order valence-corrected chi connectivity index (χ2v) is 4.80. The van der Waals surface area contributed by atoms with Crippen molar-refractivity contribution in [2.75, 3.05) is 0 Å². The summed E-state index contributed by atoms with van der Waals surface area (Å²) >= 11 is 6.20. The monoisotopic (exact) mass is 209 g/mol. The summed E-state index contributed by atoms with van der Waals surface area (Å²) in [5, 5.41) is 4.47. The van der Waals surface area contributed by atoms with E-state index in [1.165, 1.54) is 12.0 Å². The van der Waals surface area contributed by atoms with Gasteiger partial charge in [-0.3, -0.25) is 0 Å². The van der Waals surface area contributed by atoms with Gasteiger partial charge in [-0.05, 0) is 38.3 Å². The van der Waals surface area contributed by atoms with Gasteiger partial charge in [-0.2, -0.15) is 0 Å². The third kappa shape index (κ3) is 1.67. The molecule has 0 saturated carbocycles. The van der Waals surface area contributed by atoms with Crippen molar-refractivity contribution in [3.05, 3.63) is 34.9 Å². The number of rotatable bonds is 1. The second-order valence-electron chi connectivity index (χ2n) is 4.40. The van der Waals surface area contributed by atoms with Crippen LogP contribution in [0.3, 0.4) is 0 Å². The third-order valence-electron chi connectivity index (χ3n) is 3.11. The molecule has 0 radical (unpaired) electrons. The number of benzene rings is 1. The maximum absolute atomic E-state index is 6.20. The molecule has 0 amide bonds. The van der Waals surface area contributed by atoms with Gasteiger partial charge in [0.1, 0.15) is 0 Å². The predicted molar refractivity (Wildman–Crippen MR) is 60.6 cm³/mol. The molecule has 1 nitrogen and oxygen atoms in total. The van der Waals surface area contributed by atoms with E-state index in [2.05, 4.69) is 31.3 Å². The molecule has 1 N–H and O–H groups in total. The lowest BCUT2D eigenvalue weighted by atomic mass is 9.90. The first-order valence-corrected chi connectivity index (χ1v) is 5.52. The SMILES string of the molecule is CC1CCC(C)(c2ccccc2Cl)N1. The Bertz CT molecular complexity index is 337. The molecule has 1 aliphatic heterocycles. The van der Waals surface area contributed by atoms with E-state index in [0.717, 1.165) is 11.4 Å². The number of nitrogens with one attached hydrogen (secondary N) is 1. The Morgan fingerprint density at radius 1 is 1.43 bits per heavy atom. The summed E-state index contributed by atoms with van der Waals surface area (Å²) < 4.78 is 0.